The van der Waals surface area contributed by atoms with Crippen LogP contribution in [0.15, 0.2) is 51.8 Å². The fourth-order valence-corrected chi connectivity index (χ4v) is 4.02. The number of hydrogen-bond donors (Lipinski definition) is 1. The van der Waals surface area contributed by atoms with Gasteiger partial charge in [-0.15, -0.1) is 0 Å². The second-order valence-corrected chi connectivity index (χ2v) is 6.27. The van der Waals surface area contributed by atoms with Crippen LogP contribution >= 0.6 is 11.6 Å². The molecule has 0 amide bonds. The molecule has 1 heterocycles. The normalized spacial score (nSPS) is 33.3. The fraction of sp³-hybridized carbons (Fsp3) is 0.438. The first kappa shape index (κ1) is 15.7. The van der Waals surface area contributed by atoms with Crippen LogP contribution in [0, 0.1) is 5.92 Å². The fourth-order valence-electron chi connectivity index (χ4n) is 3.93. The molecule has 3 atom stereocenters. The molecule has 0 aromatic heterocycles. The molecule has 7 heteroatoms. The van der Waals surface area contributed by atoms with Crippen LogP contribution in [0.2, 0.25) is 0 Å². The third-order valence-corrected chi connectivity index (χ3v) is 4.68. The van der Waals surface area contributed by atoms with E-state index < -0.39 is 17.2 Å². The highest BCUT2D eigenvalue weighted by atomic mass is 35.5. The van der Waals surface area contributed by atoms with Crippen LogP contribution in [0.1, 0.15) is 26.7 Å². The number of carbonyl (C=O) groups is 1. The zero-order chi connectivity index (χ0) is 16.6. The molecule has 2 unspecified atom stereocenters. The molecule has 0 aromatic rings. The smallest absolute Gasteiger partial charge is 0.405 e. The van der Waals surface area contributed by atoms with E-state index in [4.69, 9.17) is 21.9 Å². The Kier molecular flexibility index (Phi) is 3.96. The molecule has 0 radical (unpaired) electrons. The number of nitrogens with zero attached hydrogens (tertiary/aromatic N) is 3. The first-order chi connectivity index (χ1) is 11.0. The van der Waals surface area contributed by atoms with Gasteiger partial charge < -0.3 is 10.1 Å². The van der Waals surface area contributed by atoms with E-state index in [1.54, 1.807) is 6.08 Å². The van der Waals surface area contributed by atoms with Crippen molar-refractivity contribution in [2.75, 3.05) is 0 Å². The second-order valence-electron chi connectivity index (χ2n) is 5.97. The number of azide groups is 1. The first-order valence-corrected chi connectivity index (χ1v) is 7.82. The number of dihydropyridines is 1. The number of halogens is 1. The minimum atomic E-state index is -0.859. The van der Waals surface area contributed by atoms with E-state index in [2.05, 4.69) is 28.3 Å². The topological polar surface area (TPSA) is 87.1 Å². The van der Waals surface area contributed by atoms with Gasteiger partial charge in [-0.1, -0.05) is 34.5 Å². The minimum Gasteiger partial charge on any atom is -0.426 e. The summed E-state index contributed by atoms with van der Waals surface area (Å²) < 4.78 is 4.99. The van der Waals surface area contributed by atoms with E-state index in [1.807, 2.05) is 19.1 Å². The summed E-state index contributed by atoms with van der Waals surface area (Å²) in [4.78, 5) is 14.1. The van der Waals surface area contributed by atoms with Crippen molar-refractivity contribution in [2.45, 2.75) is 38.5 Å². The number of allylic oxidation sites excluding steroid dienone is 3. The molecule has 0 spiro atoms. The average Bonchev–Trinajstić information content (AvgIpc) is 2.45. The van der Waals surface area contributed by atoms with Crippen molar-refractivity contribution in [3.8, 4) is 0 Å². The van der Waals surface area contributed by atoms with Crippen molar-refractivity contribution >= 4 is 17.0 Å². The van der Waals surface area contributed by atoms with Gasteiger partial charge in [-0.25, -0.2) is 4.79 Å². The van der Waals surface area contributed by atoms with Crippen LogP contribution in [-0.4, -0.2) is 17.2 Å². The van der Waals surface area contributed by atoms with Crippen LogP contribution in [0.3, 0.4) is 0 Å². The van der Waals surface area contributed by atoms with Gasteiger partial charge in [0.05, 0.1) is 0 Å². The predicted octanol–water partition coefficient (Wildman–Crippen LogP) is 4.47. The molecule has 3 aliphatic rings. The summed E-state index contributed by atoms with van der Waals surface area (Å²) in [5, 5.41) is 7.38. The lowest BCUT2D eigenvalue weighted by atomic mass is 9.63. The molecule has 0 fully saturated rings. The van der Waals surface area contributed by atoms with Crippen LogP contribution in [-0.2, 0) is 4.74 Å². The molecule has 6 nitrogen and oxygen atoms in total. The van der Waals surface area contributed by atoms with Crippen molar-refractivity contribution in [1.82, 2.24) is 5.32 Å². The molecule has 2 bridgehead atoms. The van der Waals surface area contributed by atoms with E-state index in [0.29, 0.717) is 6.42 Å². The number of ether oxygens (including phenoxy) is 1. The minimum absolute atomic E-state index is 0.171. The Labute approximate surface area is 139 Å². The highest BCUT2D eigenvalue weighted by Crippen LogP contribution is 2.52. The molecular weight excluding hydrogens is 316 g/mol. The van der Waals surface area contributed by atoms with Crippen molar-refractivity contribution in [3.05, 3.63) is 57.2 Å². The van der Waals surface area contributed by atoms with Gasteiger partial charge in [-0.05, 0) is 43.9 Å². The van der Waals surface area contributed by atoms with Gasteiger partial charge in [-0.3, -0.25) is 0 Å². The maximum absolute atomic E-state index is 10.9. The lowest BCUT2D eigenvalue weighted by molar-refractivity contribution is 0.130. The van der Waals surface area contributed by atoms with E-state index in [0.717, 1.165) is 23.3 Å². The lowest BCUT2D eigenvalue weighted by Gasteiger charge is -2.47. The van der Waals surface area contributed by atoms with Gasteiger partial charge in [0, 0.05) is 28.1 Å². The Balaban J connectivity index is 2.08. The summed E-state index contributed by atoms with van der Waals surface area (Å²) in [6.45, 7) is 4.03. The van der Waals surface area contributed by atoms with Gasteiger partial charge in [0.25, 0.3) is 0 Å². The Morgan fingerprint density at radius 3 is 3.09 bits per heavy atom. The molecular formula is C16H17ClN4O2. The standard InChI is InChI=1S/C16H17ClN4O2/c1-3-11-10-6-9(2)8-16(11,20-21-18)12-4-5-14(23-15(17)22)19-13(12)7-10/h3-6,10,14,19H,7-8H2,1-2H3/b11-3+/t10-,14?,16?/m1/s1. The summed E-state index contributed by atoms with van der Waals surface area (Å²) in [5.74, 6) is 0.171. The molecule has 0 saturated heterocycles. The maximum Gasteiger partial charge on any atom is 0.405 e. The van der Waals surface area contributed by atoms with Crippen molar-refractivity contribution in [1.29, 1.82) is 0 Å². The number of hydrogen-bond acceptors (Lipinski definition) is 4. The Morgan fingerprint density at radius 1 is 1.65 bits per heavy atom. The lowest BCUT2D eigenvalue weighted by Crippen LogP contribution is -2.46. The Morgan fingerprint density at radius 2 is 2.43 bits per heavy atom. The van der Waals surface area contributed by atoms with Crippen LogP contribution in [0.25, 0.3) is 10.4 Å². The first-order valence-electron chi connectivity index (χ1n) is 7.45. The summed E-state index contributed by atoms with van der Waals surface area (Å²) >= 11 is 5.29. The largest absolute Gasteiger partial charge is 0.426 e. The van der Waals surface area contributed by atoms with E-state index in [-0.39, 0.29) is 5.92 Å². The van der Waals surface area contributed by atoms with Crippen molar-refractivity contribution < 1.29 is 9.53 Å². The third kappa shape index (κ3) is 2.54. The summed E-state index contributed by atoms with van der Waals surface area (Å²) in [7, 11) is 0. The molecule has 1 N–H and O–H groups in total. The molecule has 0 aromatic carbocycles. The highest BCUT2D eigenvalue weighted by Gasteiger charge is 2.47. The maximum atomic E-state index is 10.9. The number of carbonyl (C=O) groups excluding carboxylic acids is 1. The summed E-state index contributed by atoms with van der Waals surface area (Å²) in [6.07, 6.45) is 8.66. The molecule has 2 aliphatic carbocycles. The second kappa shape index (κ2) is 5.80. The van der Waals surface area contributed by atoms with Crippen LogP contribution in [0.5, 0.6) is 0 Å². The SMILES string of the molecule is C/C=C1\[C@@H]2C=C(C)CC1(N=[N+]=[N-])C1=C(C2)NC(OC(=O)Cl)C=C1. The summed E-state index contributed by atoms with van der Waals surface area (Å²) in [5.41, 5.74) is 11.8. The number of fused-ring (bicyclic) bond motifs is 3. The van der Waals surface area contributed by atoms with E-state index in [1.165, 1.54) is 5.57 Å². The molecule has 1 aliphatic heterocycles. The zero-order valence-corrected chi connectivity index (χ0v) is 13.7. The Hall–Kier alpha value is -2.17. The number of rotatable bonds is 2. The quantitative estimate of drug-likeness (QED) is 0.266. The average molecular weight is 333 g/mol. The number of nitrogens with one attached hydrogen (secondary N) is 1. The van der Waals surface area contributed by atoms with Gasteiger partial charge in [0.2, 0.25) is 0 Å². The zero-order valence-electron chi connectivity index (χ0n) is 12.9. The van der Waals surface area contributed by atoms with Crippen LogP contribution < -0.4 is 5.32 Å². The molecule has 120 valence electrons. The predicted molar refractivity (Wildman–Crippen MR) is 87.5 cm³/mol. The molecule has 23 heavy (non-hydrogen) atoms. The van der Waals surface area contributed by atoms with E-state index in [9.17, 15) is 4.79 Å². The van der Waals surface area contributed by atoms with E-state index >= 15 is 0 Å². The third-order valence-electron chi connectivity index (χ3n) is 4.59. The molecule has 3 rings (SSSR count). The van der Waals surface area contributed by atoms with Gasteiger partial charge in [0.1, 0.15) is 5.54 Å². The highest BCUT2D eigenvalue weighted by molar-refractivity contribution is 6.61. The van der Waals surface area contributed by atoms with Gasteiger partial charge in [0.15, 0.2) is 6.23 Å². The van der Waals surface area contributed by atoms with Crippen molar-refractivity contribution in [2.24, 2.45) is 11.0 Å². The summed E-state index contributed by atoms with van der Waals surface area (Å²) in [6, 6.07) is 0. The van der Waals surface area contributed by atoms with Crippen molar-refractivity contribution in [3.63, 3.8) is 0 Å². The monoisotopic (exact) mass is 332 g/mol. The Bertz CT molecular complexity index is 730. The van der Waals surface area contributed by atoms with Gasteiger partial charge in [-0.2, -0.15) is 0 Å². The molecule has 0 saturated carbocycles. The van der Waals surface area contributed by atoms with Gasteiger partial charge >= 0.3 is 5.43 Å². The van der Waals surface area contributed by atoms with Crippen LogP contribution in [0.4, 0.5) is 4.79 Å².